The van der Waals surface area contributed by atoms with E-state index in [1.54, 1.807) is 14.2 Å². The number of nitrogens with zero attached hydrogens (tertiary/aromatic N) is 3. The molecule has 31 heavy (non-hydrogen) atoms. The zero-order valence-electron chi connectivity index (χ0n) is 17.7. The Morgan fingerprint density at radius 3 is 2.52 bits per heavy atom. The average molecular weight is 422 g/mol. The standard InChI is InChI=1S/C23H26N4O4/c1-29-19-9-7-17(8-10-19)22-25-26-23(31-22)27-13-11-16(12-14-27)21(28)24-15-18-5-3-4-6-20(18)30-2/h3-10,16H,11-15H2,1-2H3,(H,24,28). The van der Waals surface area contributed by atoms with Crippen molar-refractivity contribution in [2.75, 3.05) is 32.2 Å². The lowest BCUT2D eigenvalue weighted by Crippen LogP contribution is -2.40. The Bertz CT molecular complexity index is 1010. The highest BCUT2D eigenvalue weighted by molar-refractivity contribution is 5.79. The minimum atomic E-state index is -0.0325. The summed E-state index contributed by atoms with van der Waals surface area (Å²) in [5.74, 6) is 2.05. The summed E-state index contributed by atoms with van der Waals surface area (Å²) >= 11 is 0. The van der Waals surface area contributed by atoms with Crippen molar-refractivity contribution >= 4 is 11.9 Å². The first-order valence-electron chi connectivity index (χ1n) is 10.3. The Hall–Kier alpha value is -3.55. The number of para-hydroxylation sites is 1. The smallest absolute Gasteiger partial charge is 0.318 e. The molecule has 0 spiro atoms. The van der Waals surface area contributed by atoms with Crippen molar-refractivity contribution in [3.63, 3.8) is 0 Å². The number of benzene rings is 2. The summed E-state index contributed by atoms with van der Waals surface area (Å²) in [6.07, 6.45) is 1.47. The van der Waals surface area contributed by atoms with Crippen LogP contribution in [0.2, 0.25) is 0 Å². The number of amides is 1. The number of hydrogen-bond acceptors (Lipinski definition) is 7. The van der Waals surface area contributed by atoms with Gasteiger partial charge in [0.15, 0.2) is 0 Å². The van der Waals surface area contributed by atoms with Crippen LogP contribution in [-0.4, -0.2) is 43.4 Å². The number of carbonyl (C=O) groups excluding carboxylic acids is 1. The van der Waals surface area contributed by atoms with Crippen LogP contribution in [-0.2, 0) is 11.3 Å². The average Bonchev–Trinajstić information content (AvgIpc) is 3.33. The molecule has 1 N–H and O–H groups in total. The highest BCUT2D eigenvalue weighted by Gasteiger charge is 2.27. The molecule has 0 atom stereocenters. The molecule has 8 heteroatoms. The molecule has 1 amide bonds. The van der Waals surface area contributed by atoms with Gasteiger partial charge in [-0.15, -0.1) is 5.10 Å². The molecule has 0 bridgehead atoms. The fourth-order valence-electron chi connectivity index (χ4n) is 3.70. The van der Waals surface area contributed by atoms with Crippen molar-refractivity contribution in [1.82, 2.24) is 15.5 Å². The van der Waals surface area contributed by atoms with Crippen LogP contribution in [0.25, 0.3) is 11.5 Å². The van der Waals surface area contributed by atoms with Crippen molar-refractivity contribution in [2.45, 2.75) is 19.4 Å². The van der Waals surface area contributed by atoms with Crippen LogP contribution < -0.4 is 19.7 Å². The summed E-state index contributed by atoms with van der Waals surface area (Å²) in [5, 5.41) is 11.4. The van der Waals surface area contributed by atoms with E-state index in [0.717, 1.165) is 35.5 Å². The molecule has 1 saturated heterocycles. The van der Waals surface area contributed by atoms with Gasteiger partial charge in [0.2, 0.25) is 11.8 Å². The minimum absolute atomic E-state index is 0.0325. The zero-order chi connectivity index (χ0) is 21.6. The molecule has 3 aromatic rings. The Labute approximate surface area is 181 Å². The van der Waals surface area contributed by atoms with Crippen LogP contribution in [0.1, 0.15) is 18.4 Å². The number of carbonyl (C=O) groups is 1. The summed E-state index contributed by atoms with van der Waals surface area (Å²) < 4.78 is 16.4. The molecule has 8 nitrogen and oxygen atoms in total. The maximum atomic E-state index is 12.6. The van der Waals surface area contributed by atoms with Crippen LogP contribution >= 0.6 is 0 Å². The van der Waals surface area contributed by atoms with Crippen molar-refractivity contribution in [2.24, 2.45) is 5.92 Å². The molecule has 4 rings (SSSR count). The number of methoxy groups -OCH3 is 2. The molecule has 2 heterocycles. The quantitative estimate of drug-likeness (QED) is 0.625. The molecule has 0 saturated carbocycles. The van der Waals surface area contributed by atoms with Crippen molar-refractivity contribution in [3.8, 4) is 23.0 Å². The SMILES string of the molecule is COc1ccc(-c2nnc(N3CCC(C(=O)NCc4ccccc4OC)CC3)o2)cc1. The summed E-state index contributed by atoms with van der Waals surface area (Å²) in [4.78, 5) is 14.7. The second kappa shape index (κ2) is 9.51. The highest BCUT2D eigenvalue weighted by Crippen LogP contribution is 2.27. The van der Waals surface area contributed by atoms with E-state index in [-0.39, 0.29) is 11.8 Å². The van der Waals surface area contributed by atoms with Gasteiger partial charge in [-0.05, 0) is 43.2 Å². The van der Waals surface area contributed by atoms with Gasteiger partial charge in [-0.25, -0.2) is 0 Å². The third-order valence-electron chi connectivity index (χ3n) is 5.53. The fourth-order valence-corrected chi connectivity index (χ4v) is 3.70. The monoisotopic (exact) mass is 422 g/mol. The van der Waals surface area contributed by atoms with Gasteiger partial charge < -0.3 is 24.1 Å². The topological polar surface area (TPSA) is 89.7 Å². The fraction of sp³-hybridized carbons (Fsp3) is 0.348. The van der Waals surface area contributed by atoms with Crippen molar-refractivity contribution in [1.29, 1.82) is 0 Å². The molecule has 0 unspecified atom stereocenters. The van der Waals surface area contributed by atoms with E-state index < -0.39 is 0 Å². The van der Waals surface area contributed by atoms with Gasteiger partial charge in [0.05, 0.1) is 14.2 Å². The lowest BCUT2D eigenvalue weighted by atomic mass is 9.96. The number of rotatable bonds is 7. The third kappa shape index (κ3) is 4.79. The van der Waals surface area contributed by atoms with Gasteiger partial charge in [0.25, 0.3) is 0 Å². The summed E-state index contributed by atoms with van der Waals surface area (Å²) in [7, 11) is 3.26. The van der Waals surface area contributed by atoms with E-state index in [4.69, 9.17) is 13.9 Å². The second-order valence-electron chi connectivity index (χ2n) is 7.41. The lowest BCUT2D eigenvalue weighted by Gasteiger charge is -2.29. The molecule has 1 aromatic heterocycles. The molecule has 1 aliphatic rings. The lowest BCUT2D eigenvalue weighted by molar-refractivity contribution is -0.125. The Morgan fingerprint density at radius 1 is 1.06 bits per heavy atom. The summed E-state index contributed by atoms with van der Waals surface area (Å²) in [6.45, 7) is 1.84. The first kappa shape index (κ1) is 20.7. The van der Waals surface area contributed by atoms with E-state index in [1.165, 1.54) is 0 Å². The van der Waals surface area contributed by atoms with E-state index >= 15 is 0 Å². The number of hydrogen-bond donors (Lipinski definition) is 1. The minimum Gasteiger partial charge on any atom is -0.497 e. The van der Waals surface area contributed by atoms with Crippen LogP contribution in [0.15, 0.2) is 52.9 Å². The maximum Gasteiger partial charge on any atom is 0.318 e. The first-order chi connectivity index (χ1) is 15.2. The molecule has 0 radical (unpaired) electrons. The number of ether oxygens (including phenoxy) is 2. The Kier molecular flexibility index (Phi) is 6.35. The predicted octanol–water partition coefficient (Wildman–Crippen LogP) is 3.29. The number of nitrogens with one attached hydrogen (secondary N) is 1. The van der Waals surface area contributed by atoms with Gasteiger partial charge >= 0.3 is 6.01 Å². The van der Waals surface area contributed by atoms with E-state index in [2.05, 4.69) is 15.5 Å². The third-order valence-corrected chi connectivity index (χ3v) is 5.53. The number of aromatic nitrogens is 2. The van der Waals surface area contributed by atoms with Crippen LogP contribution in [0, 0.1) is 5.92 Å². The zero-order valence-corrected chi connectivity index (χ0v) is 17.7. The van der Waals surface area contributed by atoms with Crippen molar-refractivity contribution < 1.29 is 18.7 Å². The van der Waals surface area contributed by atoms with Gasteiger partial charge in [0, 0.05) is 36.7 Å². The van der Waals surface area contributed by atoms with E-state index in [0.29, 0.717) is 31.5 Å². The molecule has 1 aliphatic heterocycles. The molecule has 162 valence electrons. The molecule has 2 aromatic carbocycles. The second-order valence-corrected chi connectivity index (χ2v) is 7.41. The first-order valence-corrected chi connectivity index (χ1v) is 10.3. The van der Waals surface area contributed by atoms with E-state index in [9.17, 15) is 4.79 Å². The van der Waals surface area contributed by atoms with Crippen molar-refractivity contribution in [3.05, 3.63) is 54.1 Å². The summed E-state index contributed by atoms with van der Waals surface area (Å²) in [5.41, 5.74) is 1.80. The van der Waals surface area contributed by atoms with E-state index in [1.807, 2.05) is 53.4 Å². The predicted molar refractivity (Wildman–Crippen MR) is 116 cm³/mol. The highest BCUT2D eigenvalue weighted by atomic mass is 16.5. The number of anilines is 1. The van der Waals surface area contributed by atoms with Gasteiger partial charge in [0.1, 0.15) is 11.5 Å². The van der Waals surface area contributed by atoms with Crippen LogP contribution in [0.3, 0.4) is 0 Å². The Balaban J connectivity index is 1.30. The largest absolute Gasteiger partial charge is 0.497 e. The number of piperidine rings is 1. The molecular formula is C23H26N4O4. The molecule has 1 fully saturated rings. The van der Waals surface area contributed by atoms with Gasteiger partial charge in [-0.1, -0.05) is 23.3 Å². The maximum absolute atomic E-state index is 12.6. The van der Waals surface area contributed by atoms with Gasteiger partial charge in [-0.3, -0.25) is 4.79 Å². The van der Waals surface area contributed by atoms with Crippen LogP contribution in [0.5, 0.6) is 11.5 Å². The molecule has 0 aliphatic carbocycles. The van der Waals surface area contributed by atoms with Gasteiger partial charge in [-0.2, -0.15) is 0 Å². The summed E-state index contributed by atoms with van der Waals surface area (Å²) in [6, 6.07) is 15.7. The normalized spacial score (nSPS) is 14.3. The van der Waals surface area contributed by atoms with Crippen LogP contribution in [0.4, 0.5) is 6.01 Å². The Morgan fingerprint density at radius 2 is 1.81 bits per heavy atom. The molecular weight excluding hydrogens is 396 g/mol.